The molecule has 1 amide bonds. The van der Waals surface area contributed by atoms with E-state index in [1.165, 1.54) is 0 Å². The summed E-state index contributed by atoms with van der Waals surface area (Å²) < 4.78 is 5.11. The Kier molecular flexibility index (Phi) is 10.5. The Bertz CT molecular complexity index is 348. The summed E-state index contributed by atoms with van der Waals surface area (Å²) in [7, 11) is 0. The second kappa shape index (κ2) is 9.90. The molecule has 0 aliphatic carbocycles. The molecule has 0 radical (unpaired) electrons. The number of halogens is 1. The molecule has 0 aliphatic rings. The number of amides is 1. The predicted molar refractivity (Wildman–Crippen MR) is 89.6 cm³/mol. The molecule has 0 rings (SSSR count). The van der Waals surface area contributed by atoms with Gasteiger partial charge >= 0.3 is 12.1 Å². The fourth-order valence-electron chi connectivity index (χ4n) is 1.76. The Morgan fingerprint density at radius 3 is 2.05 bits per heavy atom. The fraction of sp³-hybridized carbons (Fsp3) is 0.867. The van der Waals surface area contributed by atoms with Gasteiger partial charge in [0.05, 0.1) is 0 Å². The number of unbranched alkanes of at least 4 members (excludes halogenated alkanes) is 1. The third-order valence-corrected chi connectivity index (χ3v) is 2.49. The van der Waals surface area contributed by atoms with E-state index in [-0.39, 0.29) is 17.9 Å². The van der Waals surface area contributed by atoms with Gasteiger partial charge in [0.25, 0.3) is 0 Å². The molecule has 6 nitrogen and oxygen atoms in total. The summed E-state index contributed by atoms with van der Waals surface area (Å²) in [6, 6.07) is -0.563. The molecule has 132 valence electrons. The van der Waals surface area contributed by atoms with Crippen LogP contribution in [0.4, 0.5) is 4.79 Å². The molecule has 0 saturated heterocycles. The van der Waals surface area contributed by atoms with E-state index >= 15 is 0 Å². The van der Waals surface area contributed by atoms with Crippen LogP contribution in [0.5, 0.6) is 0 Å². The van der Waals surface area contributed by atoms with Crippen molar-refractivity contribution in [3.8, 4) is 0 Å². The molecular weight excluding hydrogens is 308 g/mol. The number of alkyl carbamates (subject to hydrolysis) is 1. The van der Waals surface area contributed by atoms with E-state index in [4.69, 9.17) is 9.84 Å². The lowest BCUT2D eigenvalue weighted by Gasteiger charge is -2.26. The van der Waals surface area contributed by atoms with Crippen LogP contribution in [0.25, 0.3) is 0 Å². The maximum absolute atomic E-state index is 11.4. The summed E-state index contributed by atoms with van der Waals surface area (Å²) in [5.74, 6) is -0.843. The maximum Gasteiger partial charge on any atom is 0.407 e. The molecule has 7 heteroatoms. The first-order valence-electron chi connectivity index (χ1n) is 7.38. The standard InChI is InChI=1S/C15H30N2O4.ClH/c1-14(2,3)17-11(12(18)19)9-7-8-10-16-13(20)21-15(4,5)6;/h11,17H,7-10H2,1-6H3,(H,16,20)(H,18,19);1H/t11-;/m0./s1. The van der Waals surface area contributed by atoms with Crippen molar-refractivity contribution in [1.29, 1.82) is 0 Å². The van der Waals surface area contributed by atoms with Crippen LogP contribution in [-0.2, 0) is 9.53 Å². The van der Waals surface area contributed by atoms with E-state index in [1.807, 2.05) is 41.5 Å². The van der Waals surface area contributed by atoms with Crippen molar-refractivity contribution in [2.75, 3.05) is 6.54 Å². The Balaban J connectivity index is 0. The van der Waals surface area contributed by atoms with Gasteiger partial charge in [-0.15, -0.1) is 12.4 Å². The summed E-state index contributed by atoms with van der Waals surface area (Å²) in [5.41, 5.74) is -0.743. The molecule has 0 fully saturated rings. The minimum atomic E-state index is -0.843. The normalized spacial score (nSPS) is 13.0. The van der Waals surface area contributed by atoms with E-state index in [0.29, 0.717) is 13.0 Å². The third-order valence-electron chi connectivity index (χ3n) is 2.49. The molecule has 0 aromatic rings. The van der Waals surface area contributed by atoms with Crippen LogP contribution in [0.15, 0.2) is 0 Å². The predicted octanol–water partition coefficient (Wildman–Crippen LogP) is 2.94. The van der Waals surface area contributed by atoms with Crippen molar-refractivity contribution in [1.82, 2.24) is 10.6 Å². The summed E-state index contributed by atoms with van der Waals surface area (Å²) >= 11 is 0. The molecule has 0 aromatic heterocycles. The highest BCUT2D eigenvalue weighted by Gasteiger charge is 2.22. The third kappa shape index (κ3) is 13.9. The number of ether oxygens (including phenoxy) is 1. The number of carboxylic acids is 1. The Morgan fingerprint density at radius 1 is 1.09 bits per heavy atom. The molecule has 0 aliphatic heterocycles. The lowest BCUT2D eigenvalue weighted by molar-refractivity contribution is -0.140. The van der Waals surface area contributed by atoms with Gasteiger partial charge in [0.15, 0.2) is 0 Å². The lowest BCUT2D eigenvalue weighted by atomic mass is 10.0. The van der Waals surface area contributed by atoms with Crippen molar-refractivity contribution in [3.05, 3.63) is 0 Å². The minimum Gasteiger partial charge on any atom is -0.480 e. The van der Waals surface area contributed by atoms with Gasteiger partial charge in [0.2, 0.25) is 0 Å². The van der Waals surface area contributed by atoms with Crippen molar-refractivity contribution in [2.24, 2.45) is 0 Å². The van der Waals surface area contributed by atoms with E-state index in [1.54, 1.807) is 0 Å². The molecule has 0 unspecified atom stereocenters. The maximum atomic E-state index is 11.4. The molecule has 0 saturated carbocycles. The first-order chi connectivity index (χ1) is 9.41. The highest BCUT2D eigenvalue weighted by Crippen LogP contribution is 2.08. The van der Waals surface area contributed by atoms with Gasteiger partial charge in [-0.25, -0.2) is 4.79 Å². The molecule has 0 heterocycles. The SMILES string of the molecule is CC(C)(C)N[C@@H](CCCCNC(=O)OC(C)(C)C)C(=O)O.Cl. The lowest BCUT2D eigenvalue weighted by Crippen LogP contribution is -2.47. The van der Waals surface area contributed by atoms with Gasteiger partial charge in [-0.05, 0) is 60.8 Å². The topological polar surface area (TPSA) is 87.7 Å². The number of carbonyl (C=O) groups excluding carboxylic acids is 1. The van der Waals surface area contributed by atoms with E-state index in [9.17, 15) is 9.59 Å². The number of rotatable bonds is 7. The van der Waals surface area contributed by atoms with Gasteiger partial charge in [0.1, 0.15) is 11.6 Å². The first-order valence-corrected chi connectivity index (χ1v) is 7.38. The summed E-state index contributed by atoms with van der Waals surface area (Å²) in [5, 5.41) is 14.9. The van der Waals surface area contributed by atoms with Crippen molar-refractivity contribution >= 4 is 24.5 Å². The van der Waals surface area contributed by atoms with Crippen LogP contribution in [0, 0.1) is 0 Å². The quantitative estimate of drug-likeness (QED) is 0.621. The second-order valence-electron chi connectivity index (χ2n) is 7.21. The molecule has 22 heavy (non-hydrogen) atoms. The number of aliphatic carboxylic acids is 1. The van der Waals surface area contributed by atoms with E-state index in [2.05, 4.69) is 10.6 Å². The molecule has 0 spiro atoms. The Labute approximate surface area is 139 Å². The zero-order chi connectivity index (χ0) is 16.7. The molecular formula is C15H31ClN2O4. The number of carboxylic acid groups (broad SMARTS) is 1. The molecule has 0 bridgehead atoms. The van der Waals surface area contributed by atoms with Crippen LogP contribution >= 0.6 is 12.4 Å². The fourth-order valence-corrected chi connectivity index (χ4v) is 1.76. The molecule has 0 aromatic carbocycles. The number of nitrogens with one attached hydrogen (secondary N) is 2. The van der Waals surface area contributed by atoms with Crippen LogP contribution in [-0.4, -0.2) is 40.9 Å². The largest absolute Gasteiger partial charge is 0.480 e. The first kappa shape index (κ1) is 23.3. The summed E-state index contributed by atoms with van der Waals surface area (Å²) in [4.78, 5) is 22.6. The van der Waals surface area contributed by atoms with Crippen LogP contribution < -0.4 is 10.6 Å². The van der Waals surface area contributed by atoms with E-state index < -0.39 is 23.7 Å². The van der Waals surface area contributed by atoms with Crippen molar-refractivity contribution < 1.29 is 19.4 Å². The van der Waals surface area contributed by atoms with Gasteiger partial charge in [-0.2, -0.15) is 0 Å². The van der Waals surface area contributed by atoms with Gasteiger partial charge < -0.3 is 15.2 Å². The van der Waals surface area contributed by atoms with Gasteiger partial charge in [-0.3, -0.25) is 10.1 Å². The van der Waals surface area contributed by atoms with Crippen molar-refractivity contribution in [2.45, 2.75) is 78.0 Å². The Hall–Kier alpha value is -1.01. The molecule has 3 N–H and O–H groups in total. The number of hydrogen-bond acceptors (Lipinski definition) is 4. The second-order valence-corrected chi connectivity index (χ2v) is 7.21. The number of hydrogen-bond donors (Lipinski definition) is 3. The zero-order valence-corrected chi connectivity index (χ0v) is 15.3. The monoisotopic (exact) mass is 338 g/mol. The number of carbonyl (C=O) groups is 2. The average Bonchev–Trinajstić information content (AvgIpc) is 2.22. The summed E-state index contributed by atoms with van der Waals surface area (Å²) in [6.07, 6.45) is 1.53. The minimum absolute atomic E-state index is 0. The van der Waals surface area contributed by atoms with Crippen LogP contribution in [0.3, 0.4) is 0 Å². The van der Waals surface area contributed by atoms with Crippen molar-refractivity contribution in [3.63, 3.8) is 0 Å². The van der Waals surface area contributed by atoms with Gasteiger partial charge in [-0.1, -0.05) is 0 Å². The van der Waals surface area contributed by atoms with E-state index in [0.717, 1.165) is 12.8 Å². The highest BCUT2D eigenvalue weighted by molar-refractivity contribution is 5.85. The average molecular weight is 339 g/mol. The molecule has 1 atom stereocenters. The van der Waals surface area contributed by atoms with Crippen LogP contribution in [0.1, 0.15) is 60.8 Å². The smallest absolute Gasteiger partial charge is 0.407 e. The Morgan fingerprint density at radius 2 is 1.64 bits per heavy atom. The zero-order valence-electron chi connectivity index (χ0n) is 14.5. The highest BCUT2D eigenvalue weighted by atomic mass is 35.5. The summed E-state index contributed by atoms with van der Waals surface area (Å²) in [6.45, 7) is 11.7. The van der Waals surface area contributed by atoms with Crippen LogP contribution in [0.2, 0.25) is 0 Å². The van der Waals surface area contributed by atoms with Gasteiger partial charge in [0, 0.05) is 12.1 Å².